The highest BCUT2D eigenvalue weighted by molar-refractivity contribution is 5.93. The Kier molecular flexibility index (Phi) is 4.38. The molecule has 9 nitrogen and oxygen atoms in total. The normalized spacial score (nSPS) is 14.9. The molecule has 0 N–H and O–H groups in total. The number of amides is 1. The van der Waals surface area contributed by atoms with E-state index in [-0.39, 0.29) is 5.91 Å². The molecule has 1 fully saturated rings. The predicted molar refractivity (Wildman–Crippen MR) is 117 cm³/mol. The molecule has 0 radical (unpaired) electrons. The number of rotatable bonds is 3. The van der Waals surface area contributed by atoms with Crippen molar-refractivity contribution < 1.29 is 13.6 Å². The second-order valence-electron chi connectivity index (χ2n) is 7.70. The number of nitrogens with zero attached hydrogens (tertiary/aromatic N) is 6. The van der Waals surface area contributed by atoms with Crippen molar-refractivity contribution in [3.8, 4) is 11.6 Å². The third kappa shape index (κ3) is 3.01. The highest BCUT2D eigenvalue weighted by Crippen LogP contribution is 2.29. The predicted octanol–water partition coefficient (Wildman–Crippen LogP) is 3.48. The van der Waals surface area contributed by atoms with E-state index in [1.54, 1.807) is 18.4 Å². The Morgan fingerprint density at radius 2 is 1.75 bits per heavy atom. The molecule has 1 aromatic carbocycles. The van der Waals surface area contributed by atoms with Gasteiger partial charge in [0, 0.05) is 31.6 Å². The minimum absolute atomic E-state index is 0.0889. The Bertz CT molecular complexity index is 1390. The van der Waals surface area contributed by atoms with Crippen LogP contribution >= 0.6 is 0 Å². The van der Waals surface area contributed by atoms with Crippen molar-refractivity contribution in [2.75, 3.05) is 31.1 Å². The van der Waals surface area contributed by atoms with Gasteiger partial charge in [-0.05, 0) is 42.8 Å². The number of carbonyl (C=O) groups is 1. The number of carbonyl (C=O) groups excluding carboxylic acids is 1. The van der Waals surface area contributed by atoms with E-state index in [2.05, 4.69) is 15.1 Å². The average molecular weight is 428 g/mol. The third-order valence-electron chi connectivity index (χ3n) is 5.77. The first-order valence-corrected chi connectivity index (χ1v) is 10.5. The van der Waals surface area contributed by atoms with E-state index >= 15 is 0 Å². The summed E-state index contributed by atoms with van der Waals surface area (Å²) in [7, 11) is 0. The minimum Gasteiger partial charge on any atom is -0.461 e. The summed E-state index contributed by atoms with van der Waals surface area (Å²) in [6.45, 7) is 2.59. The summed E-state index contributed by atoms with van der Waals surface area (Å²) in [6, 6.07) is 15.0. The lowest BCUT2D eigenvalue weighted by Gasteiger charge is -2.23. The molecule has 5 aromatic rings. The van der Waals surface area contributed by atoms with Gasteiger partial charge in [-0.25, -0.2) is 9.38 Å². The molecule has 1 aliphatic heterocycles. The molecule has 0 atom stereocenters. The summed E-state index contributed by atoms with van der Waals surface area (Å²) in [5.41, 5.74) is 1.57. The monoisotopic (exact) mass is 428 g/mol. The summed E-state index contributed by atoms with van der Waals surface area (Å²) in [6.07, 6.45) is 3.95. The maximum absolute atomic E-state index is 12.8. The van der Waals surface area contributed by atoms with E-state index in [9.17, 15) is 4.79 Å². The zero-order valence-electron chi connectivity index (χ0n) is 17.2. The Balaban J connectivity index is 1.42. The van der Waals surface area contributed by atoms with E-state index in [4.69, 9.17) is 13.8 Å². The molecule has 1 amide bonds. The molecule has 5 heterocycles. The number of hydrogen-bond donors (Lipinski definition) is 0. The maximum Gasteiger partial charge on any atom is 0.289 e. The van der Waals surface area contributed by atoms with Crippen molar-refractivity contribution in [1.29, 1.82) is 0 Å². The lowest BCUT2D eigenvalue weighted by molar-refractivity contribution is 0.0735. The van der Waals surface area contributed by atoms with Gasteiger partial charge in [0.25, 0.3) is 5.91 Å². The fraction of sp³-hybridized carbons (Fsp3) is 0.217. The summed E-state index contributed by atoms with van der Waals surface area (Å²) in [5.74, 6) is 2.24. The van der Waals surface area contributed by atoms with Gasteiger partial charge in [-0.3, -0.25) is 4.79 Å². The van der Waals surface area contributed by atoms with Crippen LogP contribution in [0.25, 0.3) is 28.1 Å². The molecule has 0 unspecified atom stereocenters. The molecule has 0 spiro atoms. The van der Waals surface area contributed by atoms with Crippen LogP contribution in [0, 0.1) is 0 Å². The van der Waals surface area contributed by atoms with Crippen LogP contribution in [0.3, 0.4) is 0 Å². The van der Waals surface area contributed by atoms with E-state index in [0.29, 0.717) is 37.0 Å². The molecule has 32 heavy (non-hydrogen) atoms. The number of para-hydroxylation sites is 1. The van der Waals surface area contributed by atoms with Crippen LogP contribution < -0.4 is 4.90 Å². The Hall–Kier alpha value is -4.14. The highest BCUT2D eigenvalue weighted by atomic mass is 16.3. The number of fused-ring (bicyclic) bond motifs is 3. The topological polar surface area (TPSA) is 92.9 Å². The Morgan fingerprint density at radius 3 is 2.59 bits per heavy atom. The fourth-order valence-corrected chi connectivity index (χ4v) is 4.22. The second-order valence-corrected chi connectivity index (χ2v) is 7.70. The number of furan rings is 2. The molecule has 4 aromatic heterocycles. The van der Waals surface area contributed by atoms with Crippen LogP contribution in [0.2, 0.25) is 0 Å². The second kappa shape index (κ2) is 7.52. The molecular weight excluding hydrogens is 408 g/mol. The lowest BCUT2D eigenvalue weighted by atomic mass is 10.2. The number of benzene rings is 1. The largest absolute Gasteiger partial charge is 0.461 e. The van der Waals surface area contributed by atoms with Crippen molar-refractivity contribution in [1.82, 2.24) is 24.5 Å². The number of aromatic nitrogens is 4. The van der Waals surface area contributed by atoms with Crippen LogP contribution in [0.5, 0.6) is 0 Å². The van der Waals surface area contributed by atoms with Crippen molar-refractivity contribution >= 4 is 28.4 Å². The molecule has 1 aliphatic rings. The molecule has 1 saturated heterocycles. The smallest absolute Gasteiger partial charge is 0.289 e. The molecule has 6 rings (SSSR count). The summed E-state index contributed by atoms with van der Waals surface area (Å²) >= 11 is 0. The quantitative estimate of drug-likeness (QED) is 0.434. The van der Waals surface area contributed by atoms with Gasteiger partial charge < -0.3 is 18.6 Å². The van der Waals surface area contributed by atoms with Crippen LogP contribution in [0.1, 0.15) is 17.0 Å². The van der Waals surface area contributed by atoms with Gasteiger partial charge in [-0.1, -0.05) is 12.1 Å². The van der Waals surface area contributed by atoms with Crippen LogP contribution in [0.15, 0.2) is 69.9 Å². The maximum atomic E-state index is 12.8. The number of hydrogen-bond acceptors (Lipinski definition) is 7. The molecule has 9 heteroatoms. The SMILES string of the molecule is O=C(c1ccco1)N1CCCN(c2nc3ccccc3c3nnc(-c4ccco4)n23)CC1. The van der Waals surface area contributed by atoms with Crippen LogP contribution in [-0.4, -0.2) is 56.6 Å². The first kappa shape index (κ1) is 18.6. The average Bonchev–Trinajstić information content (AvgIpc) is 3.57. The van der Waals surface area contributed by atoms with Gasteiger partial charge >= 0.3 is 0 Å². The molecular formula is C23H20N6O3. The molecule has 0 aliphatic carbocycles. The first-order chi connectivity index (χ1) is 15.8. The Morgan fingerprint density at radius 1 is 0.875 bits per heavy atom. The van der Waals surface area contributed by atoms with Gasteiger partial charge in [0.1, 0.15) is 0 Å². The molecule has 0 bridgehead atoms. The third-order valence-corrected chi connectivity index (χ3v) is 5.77. The summed E-state index contributed by atoms with van der Waals surface area (Å²) < 4.78 is 12.9. The van der Waals surface area contributed by atoms with E-state index < -0.39 is 0 Å². The standard InChI is InChI=1S/C23H20N6O3/c30-22(19-9-4-15-32-19)27-10-5-11-28(13-12-27)23-24-17-7-2-1-6-16(17)20-25-26-21(29(20)23)18-8-3-14-31-18/h1-4,6-9,14-15H,5,10-13H2. The van der Waals surface area contributed by atoms with Gasteiger partial charge in [-0.15, -0.1) is 10.2 Å². The van der Waals surface area contributed by atoms with Crippen LogP contribution in [0.4, 0.5) is 5.95 Å². The van der Waals surface area contributed by atoms with E-state index in [1.165, 1.54) is 6.26 Å². The van der Waals surface area contributed by atoms with Crippen molar-refractivity contribution in [2.24, 2.45) is 0 Å². The number of anilines is 1. The lowest BCUT2D eigenvalue weighted by Crippen LogP contribution is -2.35. The Labute approximate surface area is 182 Å². The van der Waals surface area contributed by atoms with Gasteiger partial charge in [0.2, 0.25) is 11.8 Å². The van der Waals surface area contributed by atoms with Crippen molar-refractivity contribution in [3.05, 3.63) is 66.8 Å². The summed E-state index contributed by atoms with van der Waals surface area (Å²) in [4.78, 5) is 21.8. The van der Waals surface area contributed by atoms with Crippen molar-refractivity contribution in [3.63, 3.8) is 0 Å². The zero-order chi connectivity index (χ0) is 21.5. The van der Waals surface area contributed by atoms with Gasteiger partial charge in [-0.2, -0.15) is 0 Å². The van der Waals surface area contributed by atoms with Gasteiger partial charge in [0.05, 0.1) is 18.0 Å². The minimum atomic E-state index is -0.0889. The van der Waals surface area contributed by atoms with Gasteiger partial charge in [0.15, 0.2) is 17.2 Å². The summed E-state index contributed by atoms with van der Waals surface area (Å²) in [5, 5.41) is 9.81. The van der Waals surface area contributed by atoms with E-state index in [0.717, 1.165) is 35.5 Å². The molecule has 160 valence electrons. The zero-order valence-corrected chi connectivity index (χ0v) is 17.2. The van der Waals surface area contributed by atoms with Crippen LogP contribution in [-0.2, 0) is 0 Å². The highest BCUT2D eigenvalue weighted by Gasteiger charge is 2.26. The van der Waals surface area contributed by atoms with Crippen molar-refractivity contribution in [2.45, 2.75) is 6.42 Å². The molecule has 0 saturated carbocycles. The fourth-order valence-electron chi connectivity index (χ4n) is 4.22. The van der Waals surface area contributed by atoms with E-state index in [1.807, 2.05) is 45.7 Å². The first-order valence-electron chi connectivity index (χ1n) is 10.5.